The Bertz CT molecular complexity index is 370. The molecule has 16 heavy (non-hydrogen) atoms. The van der Waals surface area contributed by atoms with Crippen molar-refractivity contribution in [3.8, 4) is 5.88 Å². The number of halogens is 1. The van der Waals surface area contributed by atoms with E-state index < -0.39 is 5.97 Å². The number of aromatic nitrogens is 1. The van der Waals surface area contributed by atoms with Crippen molar-refractivity contribution in [2.24, 2.45) is 0 Å². The third-order valence-electron chi connectivity index (χ3n) is 1.98. The van der Waals surface area contributed by atoms with Gasteiger partial charge in [0.15, 0.2) is 0 Å². The Morgan fingerprint density at radius 3 is 2.75 bits per heavy atom. The van der Waals surface area contributed by atoms with Crippen LogP contribution in [0, 0.1) is 6.92 Å². The predicted octanol–water partition coefficient (Wildman–Crippen LogP) is 2.62. The number of hydrogen-bond donors (Lipinski definition) is 0. The predicted molar refractivity (Wildman–Crippen MR) is 61.1 cm³/mol. The molecule has 88 valence electrons. The fourth-order valence-corrected chi connectivity index (χ4v) is 1.53. The van der Waals surface area contributed by atoms with Gasteiger partial charge >= 0.3 is 5.97 Å². The summed E-state index contributed by atoms with van der Waals surface area (Å²) in [6.07, 6.45) is 0.770. The molecule has 0 unspecified atom stereocenters. The van der Waals surface area contributed by atoms with E-state index in [2.05, 4.69) is 4.98 Å². The maximum absolute atomic E-state index is 11.7. The number of carbonyl (C=O) groups is 1. The van der Waals surface area contributed by atoms with Crippen LogP contribution in [0.1, 0.15) is 29.4 Å². The minimum atomic E-state index is -0.445. The second kappa shape index (κ2) is 5.70. The van der Waals surface area contributed by atoms with Gasteiger partial charge in [-0.2, -0.15) is 0 Å². The summed E-state index contributed by atoms with van der Waals surface area (Å²) in [5, 5.41) is 0.297. The van der Waals surface area contributed by atoms with E-state index in [9.17, 15) is 4.79 Å². The average molecular weight is 244 g/mol. The van der Waals surface area contributed by atoms with Crippen LogP contribution in [0.5, 0.6) is 5.88 Å². The van der Waals surface area contributed by atoms with Crippen LogP contribution >= 0.6 is 11.6 Å². The van der Waals surface area contributed by atoms with Gasteiger partial charge < -0.3 is 9.47 Å². The first-order valence-corrected chi connectivity index (χ1v) is 5.36. The van der Waals surface area contributed by atoms with Crippen molar-refractivity contribution in [3.63, 3.8) is 0 Å². The summed E-state index contributed by atoms with van der Waals surface area (Å²) in [4.78, 5) is 15.7. The van der Waals surface area contributed by atoms with Crippen LogP contribution in [0.2, 0.25) is 5.02 Å². The van der Waals surface area contributed by atoms with Crippen molar-refractivity contribution < 1.29 is 14.3 Å². The van der Waals surface area contributed by atoms with Gasteiger partial charge in [-0.05, 0) is 13.3 Å². The molecule has 0 atom stereocenters. The number of nitrogens with zero attached hydrogens (tertiary/aromatic N) is 1. The molecule has 0 amide bonds. The molecule has 0 aliphatic rings. The molecule has 0 spiro atoms. The lowest BCUT2D eigenvalue weighted by Crippen LogP contribution is -2.10. The van der Waals surface area contributed by atoms with Crippen LogP contribution in [0.4, 0.5) is 0 Å². The smallest absolute Gasteiger partial charge is 0.341 e. The first kappa shape index (κ1) is 12.8. The Morgan fingerprint density at radius 1 is 1.56 bits per heavy atom. The van der Waals surface area contributed by atoms with E-state index in [0.29, 0.717) is 28.8 Å². The number of ether oxygens (including phenoxy) is 2. The van der Waals surface area contributed by atoms with Crippen LogP contribution in [0.15, 0.2) is 6.07 Å². The molecule has 1 rings (SSSR count). The largest absolute Gasteiger partial charge is 0.481 e. The van der Waals surface area contributed by atoms with Gasteiger partial charge in [0.2, 0.25) is 5.88 Å². The van der Waals surface area contributed by atoms with E-state index in [1.807, 2.05) is 6.92 Å². The zero-order valence-electron chi connectivity index (χ0n) is 9.54. The molecule has 1 aromatic rings. The van der Waals surface area contributed by atoms with Gasteiger partial charge in [0.05, 0.1) is 30.0 Å². The van der Waals surface area contributed by atoms with E-state index in [4.69, 9.17) is 21.1 Å². The van der Waals surface area contributed by atoms with Crippen molar-refractivity contribution in [3.05, 3.63) is 22.3 Å². The number of pyridine rings is 1. The molecular weight excluding hydrogens is 230 g/mol. The fourth-order valence-electron chi connectivity index (χ4n) is 1.22. The van der Waals surface area contributed by atoms with Crippen molar-refractivity contribution in [2.75, 3.05) is 13.7 Å². The topological polar surface area (TPSA) is 48.4 Å². The second-order valence-corrected chi connectivity index (χ2v) is 3.65. The van der Waals surface area contributed by atoms with Crippen LogP contribution in [-0.2, 0) is 4.74 Å². The molecule has 0 saturated heterocycles. The lowest BCUT2D eigenvalue weighted by molar-refractivity contribution is 0.0504. The fraction of sp³-hybridized carbons (Fsp3) is 0.455. The summed E-state index contributed by atoms with van der Waals surface area (Å²) in [5.41, 5.74) is 0.807. The number of aryl methyl sites for hydroxylation is 1. The molecule has 0 aliphatic heterocycles. The third kappa shape index (κ3) is 2.85. The van der Waals surface area contributed by atoms with Crippen molar-refractivity contribution in [2.45, 2.75) is 20.3 Å². The molecule has 0 bridgehead atoms. The third-order valence-corrected chi connectivity index (χ3v) is 2.28. The van der Waals surface area contributed by atoms with Crippen LogP contribution < -0.4 is 4.74 Å². The van der Waals surface area contributed by atoms with Crippen molar-refractivity contribution in [1.82, 2.24) is 4.98 Å². The first-order valence-electron chi connectivity index (χ1n) is 4.98. The Labute approximate surface area is 99.5 Å². The molecule has 1 aromatic heterocycles. The van der Waals surface area contributed by atoms with Crippen molar-refractivity contribution in [1.29, 1.82) is 0 Å². The Balaban J connectivity index is 3.00. The van der Waals surface area contributed by atoms with E-state index in [0.717, 1.165) is 6.42 Å². The second-order valence-electron chi connectivity index (χ2n) is 3.24. The van der Waals surface area contributed by atoms with E-state index in [-0.39, 0.29) is 0 Å². The number of esters is 1. The normalized spacial score (nSPS) is 10.0. The monoisotopic (exact) mass is 243 g/mol. The van der Waals surface area contributed by atoms with Crippen LogP contribution in [0.3, 0.4) is 0 Å². The lowest BCUT2D eigenvalue weighted by Gasteiger charge is -2.09. The molecule has 0 N–H and O–H groups in total. The summed E-state index contributed by atoms with van der Waals surface area (Å²) in [7, 11) is 1.49. The summed E-state index contributed by atoms with van der Waals surface area (Å²) >= 11 is 5.97. The number of hydrogen-bond acceptors (Lipinski definition) is 4. The van der Waals surface area contributed by atoms with Crippen molar-refractivity contribution >= 4 is 17.6 Å². The summed E-state index contributed by atoms with van der Waals surface area (Å²) < 4.78 is 9.95. The number of rotatable bonds is 4. The first-order chi connectivity index (χ1) is 7.60. The highest BCUT2D eigenvalue weighted by Gasteiger charge is 2.17. The van der Waals surface area contributed by atoms with Gasteiger partial charge in [-0.1, -0.05) is 18.5 Å². The molecule has 0 fully saturated rings. The molecule has 0 aliphatic carbocycles. The highest BCUT2D eigenvalue weighted by atomic mass is 35.5. The Morgan fingerprint density at radius 2 is 2.25 bits per heavy atom. The van der Waals surface area contributed by atoms with Crippen LogP contribution in [-0.4, -0.2) is 24.7 Å². The highest BCUT2D eigenvalue weighted by molar-refractivity contribution is 6.33. The molecule has 0 saturated carbocycles. The summed E-state index contributed by atoms with van der Waals surface area (Å²) in [5.74, 6) is -0.0611. The van der Waals surface area contributed by atoms with Gasteiger partial charge in [0.25, 0.3) is 0 Å². The molecule has 5 heteroatoms. The molecule has 0 radical (unpaired) electrons. The Hall–Kier alpha value is -1.29. The lowest BCUT2D eigenvalue weighted by atomic mass is 10.2. The van der Waals surface area contributed by atoms with Crippen LogP contribution in [0.25, 0.3) is 0 Å². The maximum Gasteiger partial charge on any atom is 0.341 e. The minimum absolute atomic E-state index is 0.297. The summed E-state index contributed by atoms with van der Waals surface area (Å²) in [6, 6.07) is 1.50. The van der Waals surface area contributed by atoms with Gasteiger partial charge in [0, 0.05) is 6.07 Å². The molecular formula is C11H14ClNO3. The SMILES string of the molecule is CCCOC(=O)c1c(Cl)cc(OC)nc1C. The molecule has 1 heterocycles. The number of methoxy groups -OCH3 is 1. The Kier molecular flexibility index (Phi) is 4.55. The highest BCUT2D eigenvalue weighted by Crippen LogP contribution is 2.23. The molecule has 0 aromatic carbocycles. The maximum atomic E-state index is 11.7. The molecule has 4 nitrogen and oxygen atoms in total. The summed E-state index contributed by atoms with van der Waals surface area (Å²) in [6.45, 7) is 3.99. The quantitative estimate of drug-likeness (QED) is 0.763. The zero-order valence-corrected chi connectivity index (χ0v) is 10.3. The van der Waals surface area contributed by atoms with Gasteiger partial charge in [-0.15, -0.1) is 0 Å². The van der Waals surface area contributed by atoms with Gasteiger partial charge in [-0.25, -0.2) is 9.78 Å². The zero-order chi connectivity index (χ0) is 12.1. The minimum Gasteiger partial charge on any atom is -0.481 e. The van der Waals surface area contributed by atoms with Gasteiger partial charge in [-0.3, -0.25) is 0 Å². The standard InChI is InChI=1S/C11H14ClNO3/c1-4-5-16-11(14)10-7(2)13-9(15-3)6-8(10)12/h6H,4-5H2,1-3H3. The number of carbonyl (C=O) groups excluding carboxylic acids is 1. The van der Waals surface area contributed by atoms with E-state index in [1.165, 1.54) is 13.2 Å². The van der Waals surface area contributed by atoms with E-state index in [1.54, 1.807) is 6.92 Å². The van der Waals surface area contributed by atoms with E-state index >= 15 is 0 Å². The van der Waals surface area contributed by atoms with Gasteiger partial charge in [0.1, 0.15) is 0 Å². The average Bonchev–Trinajstić information content (AvgIpc) is 2.25.